The summed E-state index contributed by atoms with van der Waals surface area (Å²) in [6.45, 7) is 1.83. The van der Waals surface area contributed by atoms with Crippen LogP contribution in [0.15, 0.2) is 70.6 Å². The van der Waals surface area contributed by atoms with Crippen LogP contribution >= 0.6 is 11.8 Å². The Labute approximate surface area is 187 Å². The molecule has 0 saturated carbocycles. The van der Waals surface area contributed by atoms with Crippen molar-refractivity contribution >= 4 is 35.2 Å². The number of anilines is 1. The summed E-state index contributed by atoms with van der Waals surface area (Å²) in [5, 5.41) is 5.37. The van der Waals surface area contributed by atoms with Crippen LogP contribution in [0.4, 0.5) is 10.1 Å². The summed E-state index contributed by atoms with van der Waals surface area (Å²) in [5.41, 5.74) is 1.20. The lowest BCUT2D eigenvalue weighted by atomic mass is 10.1. The standard InChI is InChI=1S/C23H18FN3O4S/c1-2-31-23(30)20(16-5-3-4-10-25-16)27-21(28)13-6-8-19-17(11-13)26-22(29)15-12-14(24)7-9-18(15)32-19/h3-12,20H,2H2,1H3,(H,26,29)(H,27,28). The Balaban J connectivity index is 1.60. The number of ether oxygens (including phenoxy) is 1. The molecule has 32 heavy (non-hydrogen) atoms. The van der Waals surface area contributed by atoms with E-state index in [1.165, 1.54) is 36.2 Å². The molecule has 1 aromatic heterocycles. The maximum atomic E-state index is 13.6. The summed E-state index contributed by atoms with van der Waals surface area (Å²) in [6, 6.07) is 12.7. The summed E-state index contributed by atoms with van der Waals surface area (Å²) in [6.07, 6.45) is 1.52. The van der Waals surface area contributed by atoms with Crippen LogP contribution in [0.3, 0.4) is 0 Å². The van der Waals surface area contributed by atoms with Gasteiger partial charge in [-0.1, -0.05) is 17.8 Å². The van der Waals surface area contributed by atoms with Crippen LogP contribution in [0.25, 0.3) is 0 Å². The molecule has 2 amide bonds. The monoisotopic (exact) mass is 451 g/mol. The van der Waals surface area contributed by atoms with Crippen LogP contribution in [0.1, 0.15) is 39.4 Å². The third-order valence-corrected chi connectivity index (χ3v) is 5.83. The van der Waals surface area contributed by atoms with E-state index in [1.54, 1.807) is 43.3 Å². The zero-order valence-electron chi connectivity index (χ0n) is 16.9. The van der Waals surface area contributed by atoms with Gasteiger partial charge in [0.25, 0.3) is 11.8 Å². The van der Waals surface area contributed by atoms with Gasteiger partial charge in [-0.05, 0) is 55.5 Å². The second-order valence-electron chi connectivity index (χ2n) is 6.82. The molecule has 4 rings (SSSR count). The minimum atomic E-state index is -1.08. The summed E-state index contributed by atoms with van der Waals surface area (Å²) < 4.78 is 18.7. The van der Waals surface area contributed by atoms with Crippen molar-refractivity contribution in [1.82, 2.24) is 10.3 Å². The van der Waals surface area contributed by atoms with Crippen LogP contribution in [0.2, 0.25) is 0 Å². The number of amides is 2. The highest BCUT2D eigenvalue weighted by Gasteiger charge is 2.27. The van der Waals surface area contributed by atoms with Crippen LogP contribution in [-0.2, 0) is 9.53 Å². The van der Waals surface area contributed by atoms with E-state index in [9.17, 15) is 18.8 Å². The van der Waals surface area contributed by atoms with Gasteiger partial charge in [0.1, 0.15) is 5.82 Å². The van der Waals surface area contributed by atoms with Gasteiger partial charge in [0, 0.05) is 21.6 Å². The van der Waals surface area contributed by atoms with Gasteiger partial charge in [0.05, 0.1) is 23.6 Å². The number of halogens is 1. The topological polar surface area (TPSA) is 97.4 Å². The van der Waals surface area contributed by atoms with E-state index in [0.717, 1.165) is 0 Å². The number of aromatic nitrogens is 1. The van der Waals surface area contributed by atoms with E-state index < -0.39 is 29.6 Å². The number of pyridine rings is 1. The fourth-order valence-electron chi connectivity index (χ4n) is 3.18. The predicted molar refractivity (Wildman–Crippen MR) is 116 cm³/mol. The number of benzene rings is 2. The fourth-order valence-corrected chi connectivity index (χ4v) is 4.17. The molecular formula is C23H18FN3O4S. The average molecular weight is 451 g/mol. The molecule has 2 heterocycles. The molecule has 9 heteroatoms. The van der Waals surface area contributed by atoms with Crippen molar-refractivity contribution in [3.8, 4) is 0 Å². The molecule has 2 N–H and O–H groups in total. The lowest BCUT2D eigenvalue weighted by molar-refractivity contribution is -0.145. The Bertz CT molecular complexity index is 1200. The molecular weight excluding hydrogens is 433 g/mol. The van der Waals surface area contributed by atoms with Crippen LogP contribution in [0.5, 0.6) is 0 Å². The Hall–Kier alpha value is -3.72. The molecule has 1 unspecified atom stereocenters. The molecule has 2 aromatic carbocycles. The molecule has 3 aromatic rings. The molecule has 0 bridgehead atoms. The number of esters is 1. The Morgan fingerprint density at radius 3 is 2.72 bits per heavy atom. The van der Waals surface area contributed by atoms with Gasteiger partial charge >= 0.3 is 5.97 Å². The minimum Gasteiger partial charge on any atom is -0.464 e. The number of hydrogen-bond donors (Lipinski definition) is 2. The SMILES string of the molecule is CCOC(=O)C(NC(=O)c1ccc2c(c1)NC(=O)c1cc(F)ccc1S2)c1ccccn1. The van der Waals surface area contributed by atoms with Crippen LogP contribution in [0, 0.1) is 5.82 Å². The number of hydrogen-bond acceptors (Lipinski definition) is 6. The summed E-state index contributed by atoms with van der Waals surface area (Å²) in [7, 11) is 0. The molecule has 0 spiro atoms. The molecule has 0 aliphatic carbocycles. The molecule has 1 aliphatic heterocycles. The molecule has 0 fully saturated rings. The molecule has 0 saturated heterocycles. The first-order valence-electron chi connectivity index (χ1n) is 9.77. The van der Waals surface area contributed by atoms with Crippen LogP contribution in [-0.4, -0.2) is 29.4 Å². The van der Waals surface area contributed by atoms with E-state index in [4.69, 9.17) is 4.74 Å². The van der Waals surface area contributed by atoms with Gasteiger partial charge < -0.3 is 15.4 Å². The fraction of sp³-hybridized carbons (Fsp3) is 0.130. The quantitative estimate of drug-likeness (QED) is 0.570. The second-order valence-corrected chi connectivity index (χ2v) is 7.90. The number of carbonyl (C=O) groups is 3. The number of nitrogens with zero attached hydrogens (tertiary/aromatic N) is 1. The zero-order chi connectivity index (χ0) is 22.7. The van der Waals surface area contributed by atoms with Crippen molar-refractivity contribution in [3.05, 3.63) is 83.4 Å². The summed E-state index contributed by atoms with van der Waals surface area (Å²) in [5.74, 6) is -2.15. The number of nitrogens with one attached hydrogen (secondary N) is 2. The maximum Gasteiger partial charge on any atom is 0.334 e. The van der Waals surface area contributed by atoms with Gasteiger partial charge in [0.2, 0.25) is 0 Å². The van der Waals surface area contributed by atoms with Gasteiger partial charge in [0.15, 0.2) is 6.04 Å². The van der Waals surface area contributed by atoms with Crippen molar-refractivity contribution in [2.75, 3.05) is 11.9 Å². The predicted octanol–water partition coefficient (Wildman–Crippen LogP) is 3.97. The van der Waals surface area contributed by atoms with Gasteiger partial charge in [-0.3, -0.25) is 14.6 Å². The third kappa shape index (κ3) is 4.47. The second kappa shape index (κ2) is 9.19. The maximum absolute atomic E-state index is 13.6. The minimum absolute atomic E-state index is 0.154. The third-order valence-electron chi connectivity index (χ3n) is 4.68. The highest BCUT2D eigenvalue weighted by molar-refractivity contribution is 7.99. The molecule has 162 valence electrons. The van der Waals surface area contributed by atoms with Gasteiger partial charge in [-0.2, -0.15) is 0 Å². The number of carbonyl (C=O) groups excluding carboxylic acids is 3. The lowest BCUT2D eigenvalue weighted by Crippen LogP contribution is -2.35. The smallest absolute Gasteiger partial charge is 0.334 e. The van der Waals surface area contributed by atoms with E-state index in [-0.39, 0.29) is 17.7 Å². The number of fused-ring (bicyclic) bond motifs is 2. The first kappa shape index (κ1) is 21.5. The lowest BCUT2D eigenvalue weighted by Gasteiger charge is -2.17. The molecule has 7 nitrogen and oxygen atoms in total. The van der Waals surface area contributed by atoms with Crippen molar-refractivity contribution < 1.29 is 23.5 Å². The molecule has 1 atom stereocenters. The Morgan fingerprint density at radius 1 is 1.16 bits per heavy atom. The van der Waals surface area contributed by atoms with Gasteiger partial charge in [-0.25, -0.2) is 9.18 Å². The van der Waals surface area contributed by atoms with Crippen molar-refractivity contribution in [1.29, 1.82) is 0 Å². The van der Waals surface area contributed by atoms with E-state index in [1.807, 2.05) is 0 Å². The highest BCUT2D eigenvalue weighted by atomic mass is 32.2. The van der Waals surface area contributed by atoms with E-state index in [2.05, 4.69) is 15.6 Å². The molecule has 1 aliphatic rings. The van der Waals surface area contributed by atoms with Crippen LogP contribution < -0.4 is 10.6 Å². The van der Waals surface area contributed by atoms with Crippen molar-refractivity contribution in [3.63, 3.8) is 0 Å². The summed E-state index contributed by atoms with van der Waals surface area (Å²) >= 11 is 1.29. The van der Waals surface area contributed by atoms with E-state index >= 15 is 0 Å². The average Bonchev–Trinajstić information content (AvgIpc) is 2.93. The first-order valence-corrected chi connectivity index (χ1v) is 10.6. The highest BCUT2D eigenvalue weighted by Crippen LogP contribution is 2.39. The van der Waals surface area contributed by atoms with E-state index in [0.29, 0.717) is 21.2 Å². The largest absolute Gasteiger partial charge is 0.464 e. The number of rotatable bonds is 5. The normalized spacial score (nSPS) is 13.1. The Kier molecular flexibility index (Phi) is 6.18. The van der Waals surface area contributed by atoms with Gasteiger partial charge in [-0.15, -0.1) is 0 Å². The zero-order valence-corrected chi connectivity index (χ0v) is 17.7. The summed E-state index contributed by atoms with van der Waals surface area (Å²) in [4.78, 5) is 43.4. The first-order chi connectivity index (χ1) is 15.5. The molecule has 0 radical (unpaired) electrons. The van der Waals surface area contributed by atoms with Crippen molar-refractivity contribution in [2.45, 2.75) is 22.8 Å². The van der Waals surface area contributed by atoms with Crippen molar-refractivity contribution in [2.24, 2.45) is 0 Å². The Morgan fingerprint density at radius 2 is 1.97 bits per heavy atom.